The summed E-state index contributed by atoms with van der Waals surface area (Å²) in [6.07, 6.45) is 0.652. The van der Waals surface area contributed by atoms with E-state index in [1.54, 1.807) is 0 Å². The zero-order chi connectivity index (χ0) is 19.9. The normalized spacial score (nSPS) is 20.0. The second kappa shape index (κ2) is 7.15. The van der Waals surface area contributed by atoms with Gasteiger partial charge in [0.1, 0.15) is 0 Å². The average Bonchev–Trinajstić information content (AvgIpc) is 2.80. The number of imide groups is 1. The molecule has 1 heterocycles. The number of carbonyl (C=O) groups excluding carboxylic acids is 2. The topological polar surface area (TPSA) is 57.6 Å². The molecule has 1 N–H and O–H groups in total. The molecule has 1 saturated heterocycles. The lowest BCUT2D eigenvalue weighted by Crippen LogP contribution is -2.34. The molecule has 0 radical (unpaired) electrons. The molecule has 1 aromatic carbocycles. The largest absolute Gasteiger partial charge is 0.392 e. The first-order valence-corrected chi connectivity index (χ1v) is 9.57. The Labute approximate surface area is 157 Å². The highest BCUT2D eigenvalue weighted by Gasteiger charge is 2.43. The molecule has 0 unspecified atom stereocenters. The van der Waals surface area contributed by atoms with Crippen molar-refractivity contribution in [1.82, 2.24) is 0 Å². The van der Waals surface area contributed by atoms with Crippen molar-refractivity contribution >= 4 is 17.5 Å². The fourth-order valence-electron chi connectivity index (χ4n) is 3.33. The van der Waals surface area contributed by atoms with Gasteiger partial charge in [0, 0.05) is 6.42 Å². The molecular weight excluding hydrogens is 326 g/mol. The van der Waals surface area contributed by atoms with E-state index >= 15 is 0 Å². The van der Waals surface area contributed by atoms with E-state index in [-0.39, 0.29) is 29.1 Å². The van der Waals surface area contributed by atoms with Crippen molar-refractivity contribution in [3.8, 4) is 0 Å². The third-order valence-electron chi connectivity index (χ3n) is 5.14. The molecule has 2 amide bonds. The summed E-state index contributed by atoms with van der Waals surface area (Å²) in [4.78, 5) is 26.8. The van der Waals surface area contributed by atoms with Gasteiger partial charge in [-0.25, -0.2) is 0 Å². The second-order valence-corrected chi connectivity index (χ2v) is 9.50. The molecule has 4 heteroatoms. The molecule has 0 saturated carbocycles. The van der Waals surface area contributed by atoms with Gasteiger partial charge in [0.2, 0.25) is 11.8 Å². The van der Waals surface area contributed by atoms with Crippen molar-refractivity contribution in [2.75, 3.05) is 4.90 Å². The monoisotopic (exact) mass is 359 g/mol. The van der Waals surface area contributed by atoms with Gasteiger partial charge in [-0.15, -0.1) is 0 Å². The maximum absolute atomic E-state index is 12.9. The van der Waals surface area contributed by atoms with Crippen molar-refractivity contribution in [1.29, 1.82) is 0 Å². The highest BCUT2D eigenvalue weighted by molar-refractivity contribution is 6.21. The van der Waals surface area contributed by atoms with E-state index in [0.717, 1.165) is 17.5 Å². The number of rotatable bonds is 4. The molecule has 2 rings (SSSR count). The van der Waals surface area contributed by atoms with Crippen LogP contribution in [0.5, 0.6) is 0 Å². The molecule has 1 fully saturated rings. The molecule has 0 bridgehead atoms. The van der Waals surface area contributed by atoms with Crippen LogP contribution in [0.3, 0.4) is 0 Å². The van der Waals surface area contributed by atoms with Crippen LogP contribution < -0.4 is 4.90 Å². The van der Waals surface area contributed by atoms with Gasteiger partial charge in [0.05, 0.1) is 17.7 Å². The van der Waals surface area contributed by atoms with Gasteiger partial charge in [-0.3, -0.25) is 14.5 Å². The van der Waals surface area contributed by atoms with E-state index in [0.29, 0.717) is 12.1 Å². The minimum atomic E-state index is -0.755. The number of carbonyl (C=O) groups is 2. The molecule has 0 aliphatic carbocycles. The minimum Gasteiger partial charge on any atom is -0.392 e. The summed E-state index contributed by atoms with van der Waals surface area (Å²) in [5.74, 6) is -1.12. The lowest BCUT2D eigenvalue weighted by molar-refractivity contribution is -0.124. The number of amides is 2. The van der Waals surface area contributed by atoms with E-state index in [9.17, 15) is 14.7 Å². The SMILES string of the molecule is CCC[C@H](O)[C@H]1CC(=O)N(c2cc(C(C)(C)C)cc(C(C)(C)C)c2)C1=O. The van der Waals surface area contributed by atoms with Crippen molar-refractivity contribution in [3.63, 3.8) is 0 Å². The third kappa shape index (κ3) is 4.17. The van der Waals surface area contributed by atoms with E-state index < -0.39 is 12.0 Å². The predicted octanol–water partition coefficient (Wildman–Crippen LogP) is 4.32. The van der Waals surface area contributed by atoms with Gasteiger partial charge in [-0.1, -0.05) is 61.0 Å². The van der Waals surface area contributed by atoms with Crippen LogP contribution >= 0.6 is 0 Å². The summed E-state index contributed by atoms with van der Waals surface area (Å²) in [6.45, 7) is 14.7. The molecule has 1 aromatic rings. The highest BCUT2D eigenvalue weighted by Crippen LogP contribution is 2.36. The fraction of sp³-hybridized carbons (Fsp3) is 0.636. The maximum Gasteiger partial charge on any atom is 0.240 e. The van der Waals surface area contributed by atoms with E-state index in [1.165, 1.54) is 4.90 Å². The smallest absolute Gasteiger partial charge is 0.240 e. The molecule has 144 valence electrons. The Morgan fingerprint density at radius 1 is 1.04 bits per heavy atom. The van der Waals surface area contributed by atoms with Crippen LogP contribution in [0.4, 0.5) is 5.69 Å². The van der Waals surface area contributed by atoms with Crippen LogP contribution in [0.25, 0.3) is 0 Å². The van der Waals surface area contributed by atoms with Gasteiger partial charge in [0.25, 0.3) is 0 Å². The minimum absolute atomic E-state index is 0.0879. The zero-order valence-corrected chi connectivity index (χ0v) is 17.2. The van der Waals surface area contributed by atoms with E-state index in [1.807, 2.05) is 19.1 Å². The fourth-order valence-corrected chi connectivity index (χ4v) is 3.33. The molecule has 1 aliphatic heterocycles. The summed E-state index contributed by atoms with van der Waals surface area (Å²) in [7, 11) is 0. The van der Waals surface area contributed by atoms with Crippen molar-refractivity contribution < 1.29 is 14.7 Å². The predicted molar refractivity (Wildman–Crippen MR) is 105 cm³/mol. The summed E-state index contributed by atoms with van der Waals surface area (Å²) in [6, 6.07) is 6.05. The number of hydrogen-bond acceptors (Lipinski definition) is 3. The lowest BCUT2D eigenvalue weighted by atomic mass is 9.80. The lowest BCUT2D eigenvalue weighted by Gasteiger charge is -2.28. The third-order valence-corrected chi connectivity index (χ3v) is 5.14. The average molecular weight is 360 g/mol. The Balaban J connectivity index is 2.50. The number of aliphatic hydroxyl groups is 1. The van der Waals surface area contributed by atoms with E-state index in [2.05, 4.69) is 47.6 Å². The van der Waals surface area contributed by atoms with Gasteiger partial charge >= 0.3 is 0 Å². The summed E-state index contributed by atoms with van der Waals surface area (Å²) < 4.78 is 0. The van der Waals surface area contributed by atoms with Crippen molar-refractivity contribution in [2.24, 2.45) is 5.92 Å². The summed E-state index contributed by atoms with van der Waals surface area (Å²) >= 11 is 0. The van der Waals surface area contributed by atoms with Gasteiger partial charge in [0.15, 0.2) is 0 Å². The van der Waals surface area contributed by atoms with Gasteiger partial charge in [-0.2, -0.15) is 0 Å². The van der Waals surface area contributed by atoms with Crippen LogP contribution in [-0.4, -0.2) is 23.0 Å². The number of anilines is 1. The van der Waals surface area contributed by atoms with Crippen LogP contribution in [-0.2, 0) is 20.4 Å². The van der Waals surface area contributed by atoms with Crippen molar-refractivity contribution in [3.05, 3.63) is 29.3 Å². The Morgan fingerprint density at radius 3 is 1.96 bits per heavy atom. The number of nitrogens with zero attached hydrogens (tertiary/aromatic N) is 1. The summed E-state index contributed by atoms with van der Waals surface area (Å²) in [5.41, 5.74) is 2.63. The Morgan fingerprint density at radius 2 is 1.54 bits per heavy atom. The maximum atomic E-state index is 12.9. The molecule has 1 aliphatic rings. The first-order valence-electron chi connectivity index (χ1n) is 9.57. The van der Waals surface area contributed by atoms with Crippen molar-refractivity contribution in [2.45, 2.75) is 84.7 Å². The molecule has 2 atom stereocenters. The van der Waals surface area contributed by atoms with Crippen LogP contribution in [0.1, 0.15) is 78.9 Å². The quantitative estimate of drug-likeness (QED) is 0.815. The van der Waals surface area contributed by atoms with Crippen LogP contribution in [0.15, 0.2) is 18.2 Å². The standard InChI is InChI=1S/C22H33NO3/c1-8-9-18(24)17-13-19(25)23(20(17)26)16-11-14(21(2,3)4)10-15(12-16)22(5,6)7/h10-12,17-18,24H,8-9,13H2,1-7H3/t17-,18+/m1/s1. The zero-order valence-electron chi connectivity index (χ0n) is 17.2. The van der Waals surface area contributed by atoms with Gasteiger partial charge in [-0.05, 0) is 40.5 Å². The molecule has 0 aromatic heterocycles. The van der Waals surface area contributed by atoms with Crippen LogP contribution in [0, 0.1) is 5.92 Å². The molecule has 4 nitrogen and oxygen atoms in total. The first kappa shape index (κ1) is 20.6. The first-order chi connectivity index (χ1) is 11.9. The Hall–Kier alpha value is -1.68. The van der Waals surface area contributed by atoms with E-state index in [4.69, 9.17) is 0 Å². The number of aliphatic hydroxyl groups excluding tert-OH is 1. The highest BCUT2D eigenvalue weighted by atomic mass is 16.3. The summed E-state index contributed by atoms with van der Waals surface area (Å²) in [5, 5.41) is 10.3. The van der Waals surface area contributed by atoms with Gasteiger partial charge < -0.3 is 5.11 Å². The van der Waals surface area contributed by atoms with Crippen LogP contribution in [0.2, 0.25) is 0 Å². The molecular formula is C22H33NO3. The number of hydrogen-bond donors (Lipinski definition) is 1. The molecule has 26 heavy (non-hydrogen) atoms. The number of benzene rings is 1. The Kier molecular flexibility index (Phi) is 5.67. The second-order valence-electron chi connectivity index (χ2n) is 9.50. The Bertz CT molecular complexity index is 662. The molecule has 0 spiro atoms.